The van der Waals surface area contributed by atoms with Gasteiger partial charge in [0.1, 0.15) is 0 Å². The van der Waals surface area contributed by atoms with E-state index in [9.17, 15) is 9.59 Å². The fraction of sp³-hybridized carbons (Fsp3) is 0.158. The number of rotatable bonds is 5. The number of benzene rings is 2. The zero-order chi connectivity index (χ0) is 16.4. The number of hydrogen-bond acceptors (Lipinski definition) is 4. The lowest BCUT2D eigenvalue weighted by molar-refractivity contribution is 1.10. The molecule has 4 nitrogen and oxygen atoms in total. The van der Waals surface area contributed by atoms with Crippen LogP contribution in [0, 0.1) is 0 Å². The number of hydrogen-bond donors (Lipinski definition) is 1. The molecule has 0 unspecified atom stereocenters. The van der Waals surface area contributed by atoms with Gasteiger partial charge in [0.05, 0.1) is 11.3 Å². The molecule has 0 aliphatic rings. The quantitative estimate of drug-likeness (QED) is 0.736. The highest BCUT2D eigenvalue weighted by atomic mass is 16.2. The molecule has 0 saturated carbocycles. The Labute approximate surface area is 134 Å². The van der Waals surface area contributed by atoms with Crippen LogP contribution < -0.4 is 21.1 Å². The van der Waals surface area contributed by atoms with Crippen molar-refractivity contribution in [3.05, 3.63) is 80.6 Å². The lowest BCUT2D eigenvalue weighted by Crippen LogP contribution is -2.36. The summed E-state index contributed by atoms with van der Waals surface area (Å²) in [5.41, 5.74) is 3.01. The van der Waals surface area contributed by atoms with Gasteiger partial charge in [-0.25, -0.2) is 0 Å². The summed E-state index contributed by atoms with van der Waals surface area (Å²) in [5.74, 6) is 0. The maximum Gasteiger partial charge on any atom is 0.250 e. The fourth-order valence-corrected chi connectivity index (χ4v) is 2.54. The summed E-state index contributed by atoms with van der Waals surface area (Å²) in [5, 5.41) is 3.11. The Morgan fingerprint density at radius 3 is 2.13 bits per heavy atom. The Balaban J connectivity index is 1.78. The molecule has 0 amide bonds. The van der Waals surface area contributed by atoms with Crippen molar-refractivity contribution in [2.45, 2.75) is 6.54 Å². The first kappa shape index (κ1) is 15.0. The van der Waals surface area contributed by atoms with E-state index in [1.54, 1.807) is 0 Å². The van der Waals surface area contributed by atoms with Crippen molar-refractivity contribution in [3.8, 4) is 11.1 Å². The Kier molecular flexibility index (Phi) is 3.98. The van der Waals surface area contributed by atoms with E-state index >= 15 is 0 Å². The molecule has 0 radical (unpaired) electrons. The highest BCUT2D eigenvalue weighted by molar-refractivity contribution is 5.81. The van der Waals surface area contributed by atoms with Gasteiger partial charge in [-0.15, -0.1) is 0 Å². The van der Waals surface area contributed by atoms with Gasteiger partial charge in [0.2, 0.25) is 10.9 Å². The zero-order valence-corrected chi connectivity index (χ0v) is 13.2. The number of anilines is 2. The first-order chi connectivity index (χ1) is 11.1. The van der Waals surface area contributed by atoms with Crippen molar-refractivity contribution in [2.75, 3.05) is 24.3 Å². The van der Waals surface area contributed by atoms with Crippen LogP contribution in [0.4, 0.5) is 11.4 Å². The van der Waals surface area contributed by atoms with Crippen molar-refractivity contribution in [1.29, 1.82) is 0 Å². The van der Waals surface area contributed by atoms with Gasteiger partial charge < -0.3 is 10.2 Å². The van der Waals surface area contributed by atoms with E-state index < -0.39 is 10.9 Å². The van der Waals surface area contributed by atoms with Gasteiger partial charge in [0.15, 0.2) is 0 Å². The number of nitrogens with one attached hydrogen (secondary N) is 1. The first-order valence-electron chi connectivity index (χ1n) is 7.47. The summed E-state index contributed by atoms with van der Waals surface area (Å²) >= 11 is 0. The summed E-state index contributed by atoms with van der Waals surface area (Å²) in [6, 6.07) is 17.3. The molecule has 0 atom stereocenters. The zero-order valence-electron chi connectivity index (χ0n) is 13.2. The predicted octanol–water partition coefficient (Wildman–Crippen LogP) is 2.63. The molecule has 0 aliphatic heterocycles. The molecule has 0 spiro atoms. The Morgan fingerprint density at radius 2 is 1.52 bits per heavy atom. The minimum atomic E-state index is -0.436. The van der Waals surface area contributed by atoms with Crippen LogP contribution in [0.3, 0.4) is 0 Å². The van der Waals surface area contributed by atoms with Crippen LogP contribution in [0.1, 0.15) is 5.56 Å². The van der Waals surface area contributed by atoms with Crippen LogP contribution >= 0.6 is 0 Å². The van der Waals surface area contributed by atoms with Crippen LogP contribution in [0.15, 0.2) is 64.2 Å². The van der Waals surface area contributed by atoms with Crippen molar-refractivity contribution in [3.63, 3.8) is 0 Å². The van der Waals surface area contributed by atoms with Crippen LogP contribution in [0.25, 0.3) is 11.1 Å². The summed E-state index contributed by atoms with van der Waals surface area (Å²) in [7, 11) is 3.98. The average Bonchev–Trinajstić information content (AvgIpc) is 2.58. The molecule has 0 fully saturated rings. The van der Waals surface area contributed by atoms with Crippen LogP contribution in [-0.2, 0) is 6.54 Å². The molecule has 3 aromatic carbocycles. The van der Waals surface area contributed by atoms with Gasteiger partial charge >= 0.3 is 0 Å². The van der Waals surface area contributed by atoms with Gasteiger partial charge in [-0.1, -0.05) is 42.5 Å². The summed E-state index contributed by atoms with van der Waals surface area (Å²) in [6.07, 6.45) is 0. The number of nitrogens with zero attached hydrogens (tertiary/aromatic N) is 1. The van der Waals surface area contributed by atoms with E-state index in [4.69, 9.17) is 0 Å². The summed E-state index contributed by atoms with van der Waals surface area (Å²) in [6.45, 7) is 0.512. The van der Waals surface area contributed by atoms with Gasteiger partial charge in [-0.2, -0.15) is 0 Å². The van der Waals surface area contributed by atoms with Crippen LogP contribution in [-0.4, -0.2) is 14.1 Å². The highest BCUT2D eigenvalue weighted by Crippen LogP contribution is 2.23. The molecule has 116 valence electrons. The van der Waals surface area contributed by atoms with Gasteiger partial charge in [-0.05, 0) is 23.3 Å². The predicted molar refractivity (Wildman–Crippen MR) is 94.9 cm³/mol. The van der Waals surface area contributed by atoms with E-state index in [0.717, 1.165) is 16.8 Å². The third-order valence-corrected chi connectivity index (χ3v) is 3.89. The largest absolute Gasteiger partial charge is 0.378 e. The molecule has 1 N–H and O–H groups in total. The third-order valence-electron chi connectivity index (χ3n) is 3.89. The lowest BCUT2D eigenvalue weighted by atomic mass is 9.98. The van der Waals surface area contributed by atoms with Crippen LogP contribution in [0.2, 0.25) is 0 Å². The Bertz CT molecular complexity index is 874. The van der Waals surface area contributed by atoms with Crippen LogP contribution in [0.5, 0.6) is 0 Å². The Morgan fingerprint density at radius 1 is 0.870 bits per heavy atom. The Hall–Kier alpha value is -2.88. The first-order valence-corrected chi connectivity index (χ1v) is 7.47. The SMILES string of the molecule is CN(C)c1ccc(CNc2c(-c3ccccc3)c(=O)c2=O)cc1. The molecular formula is C19H18N2O2. The fourth-order valence-electron chi connectivity index (χ4n) is 2.54. The van der Waals surface area contributed by atoms with Crippen molar-refractivity contribution in [1.82, 2.24) is 0 Å². The monoisotopic (exact) mass is 306 g/mol. The molecule has 3 rings (SSSR count). The normalized spacial score (nSPS) is 10.7. The molecule has 23 heavy (non-hydrogen) atoms. The maximum absolute atomic E-state index is 11.9. The smallest absolute Gasteiger partial charge is 0.250 e. The average molecular weight is 306 g/mol. The van der Waals surface area contributed by atoms with Gasteiger partial charge in [0, 0.05) is 26.3 Å². The second kappa shape index (κ2) is 6.08. The molecule has 3 aromatic rings. The van der Waals surface area contributed by atoms with Gasteiger partial charge in [-0.3, -0.25) is 9.59 Å². The van der Waals surface area contributed by atoms with Crippen molar-refractivity contribution < 1.29 is 0 Å². The van der Waals surface area contributed by atoms with E-state index in [1.807, 2.05) is 73.6 Å². The minimum absolute atomic E-state index is 0.415. The third kappa shape index (κ3) is 2.88. The topological polar surface area (TPSA) is 49.4 Å². The summed E-state index contributed by atoms with van der Waals surface area (Å²) in [4.78, 5) is 25.7. The standard InChI is InChI=1S/C19H18N2O2/c1-21(2)15-10-8-13(9-11-15)12-20-17-16(18(22)19(17)23)14-6-4-3-5-7-14/h3-11,20H,12H2,1-2H3. The highest BCUT2D eigenvalue weighted by Gasteiger charge is 2.21. The molecule has 0 saturated heterocycles. The molecule has 0 bridgehead atoms. The van der Waals surface area contributed by atoms with E-state index in [2.05, 4.69) is 5.32 Å². The molecule has 0 heterocycles. The lowest BCUT2D eigenvalue weighted by Gasteiger charge is -2.15. The minimum Gasteiger partial charge on any atom is -0.378 e. The maximum atomic E-state index is 11.9. The second-order valence-electron chi connectivity index (χ2n) is 5.69. The van der Waals surface area contributed by atoms with E-state index in [0.29, 0.717) is 17.8 Å². The van der Waals surface area contributed by atoms with Crippen molar-refractivity contribution >= 4 is 11.4 Å². The molecule has 0 aromatic heterocycles. The molecule has 4 heteroatoms. The molecular weight excluding hydrogens is 288 g/mol. The van der Waals surface area contributed by atoms with E-state index in [1.165, 1.54) is 0 Å². The van der Waals surface area contributed by atoms with Crippen molar-refractivity contribution in [2.24, 2.45) is 0 Å². The van der Waals surface area contributed by atoms with E-state index in [-0.39, 0.29) is 0 Å². The summed E-state index contributed by atoms with van der Waals surface area (Å²) < 4.78 is 0. The second-order valence-corrected chi connectivity index (χ2v) is 5.69. The van der Waals surface area contributed by atoms with Gasteiger partial charge in [0.25, 0.3) is 0 Å². The molecule has 0 aliphatic carbocycles.